The predicted molar refractivity (Wildman–Crippen MR) is 162 cm³/mol. The zero-order chi connectivity index (χ0) is 33.6. The first-order valence-corrected chi connectivity index (χ1v) is 15.1. The van der Waals surface area contributed by atoms with Crippen LogP contribution in [0.1, 0.15) is 94.9 Å². The second-order valence-corrected chi connectivity index (χ2v) is 13.7. The lowest BCUT2D eigenvalue weighted by Gasteiger charge is -2.32. The summed E-state index contributed by atoms with van der Waals surface area (Å²) in [6.07, 6.45) is -1.70. The number of likely N-dealkylation sites (tertiary alicyclic amines) is 1. The fraction of sp³-hybridized carbons (Fsp3) is 0.688. The lowest BCUT2D eigenvalue weighted by molar-refractivity contribution is -0.139. The van der Waals surface area contributed by atoms with Gasteiger partial charge in [0.1, 0.15) is 11.2 Å². The fourth-order valence-electron chi connectivity index (χ4n) is 4.64. The number of rotatable bonds is 7. The lowest BCUT2D eigenvalue weighted by Crippen LogP contribution is -2.44. The topological polar surface area (TPSA) is 152 Å². The van der Waals surface area contributed by atoms with Gasteiger partial charge in [0.2, 0.25) is 5.91 Å². The monoisotopic (exact) mass is 618 g/mol. The van der Waals surface area contributed by atoms with Gasteiger partial charge in [0, 0.05) is 37.4 Å². The van der Waals surface area contributed by atoms with Gasteiger partial charge in [-0.3, -0.25) is 9.59 Å². The van der Waals surface area contributed by atoms with Crippen molar-refractivity contribution in [2.24, 2.45) is 16.8 Å². The number of ketones is 1. The highest BCUT2D eigenvalue weighted by Crippen LogP contribution is 2.31. The quantitative estimate of drug-likeness (QED) is 0.314. The second-order valence-electron chi connectivity index (χ2n) is 13.7. The first-order valence-electron chi connectivity index (χ1n) is 15.1. The molecule has 0 spiro atoms. The summed E-state index contributed by atoms with van der Waals surface area (Å²) in [6, 6.07) is 0. The maximum atomic E-state index is 13.6. The van der Waals surface area contributed by atoms with Crippen LogP contribution in [0.2, 0.25) is 0 Å². The number of nitrogens with zero attached hydrogens (tertiary/aromatic N) is 3. The van der Waals surface area contributed by atoms with Crippen LogP contribution in [0.4, 0.5) is 14.4 Å². The van der Waals surface area contributed by atoms with Crippen LogP contribution in [0.5, 0.6) is 0 Å². The van der Waals surface area contributed by atoms with E-state index in [0.29, 0.717) is 30.8 Å². The van der Waals surface area contributed by atoms with E-state index in [9.17, 15) is 29.1 Å². The smallest absolute Gasteiger partial charge is 0.434 e. The van der Waals surface area contributed by atoms with E-state index in [1.807, 2.05) is 13.8 Å². The van der Waals surface area contributed by atoms with Crippen molar-refractivity contribution in [1.29, 1.82) is 0 Å². The summed E-state index contributed by atoms with van der Waals surface area (Å²) < 4.78 is 16.3. The first-order chi connectivity index (χ1) is 20.2. The first kappa shape index (κ1) is 36.7. The van der Waals surface area contributed by atoms with Crippen LogP contribution in [0, 0.1) is 11.8 Å². The van der Waals surface area contributed by atoms with Crippen LogP contribution in [-0.2, 0) is 28.9 Å². The molecule has 0 aromatic heterocycles. The third kappa shape index (κ3) is 10.9. The van der Waals surface area contributed by atoms with E-state index in [4.69, 9.17) is 14.2 Å². The summed E-state index contributed by atoms with van der Waals surface area (Å²) in [5.41, 5.74) is -1.62. The summed E-state index contributed by atoms with van der Waals surface area (Å²) in [6.45, 7) is 17.5. The third-order valence-electron chi connectivity index (χ3n) is 6.64. The van der Waals surface area contributed by atoms with E-state index in [1.165, 1.54) is 6.92 Å². The number of carbonyl (C=O) groups excluding carboxylic acids is 5. The minimum atomic E-state index is -1.07. The highest BCUT2D eigenvalue weighted by molar-refractivity contribution is 6.15. The van der Waals surface area contributed by atoms with Crippen molar-refractivity contribution in [3.63, 3.8) is 0 Å². The number of imide groups is 1. The Balaban J connectivity index is 2.55. The Hall–Kier alpha value is -3.54. The van der Waals surface area contributed by atoms with Gasteiger partial charge in [0.15, 0.2) is 5.78 Å². The van der Waals surface area contributed by atoms with Crippen LogP contribution in [-0.4, -0.2) is 82.5 Å². The van der Waals surface area contributed by atoms with Crippen LogP contribution < -0.4 is 0 Å². The van der Waals surface area contributed by atoms with Gasteiger partial charge in [-0.05, 0) is 72.8 Å². The average molecular weight is 619 g/mol. The largest absolute Gasteiger partial charge is 0.448 e. The van der Waals surface area contributed by atoms with Crippen molar-refractivity contribution >= 4 is 35.7 Å². The number of carbonyl (C=O) groups is 5. The third-order valence-corrected chi connectivity index (χ3v) is 6.64. The van der Waals surface area contributed by atoms with Gasteiger partial charge in [-0.2, -0.15) is 9.89 Å². The van der Waals surface area contributed by atoms with Crippen LogP contribution in [0.15, 0.2) is 27.9 Å². The van der Waals surface area contributed by atoms with Gasteiger partial charge in [-0.15, -0.1) is 0 Å². The van der Waals surface area contributed by atoms with Crippen LogP contribution >= 0.6 is 0 Å². The van der Waals surface area contributed by atoms with E-state index >= 15 is 0 Å². The van der Waals surface area contributed by atoms with Gasteiger partial charge in [0.05, 0.1) is 24.1 Å². The standard InChI is InChI=1S/C32H48N3O9/c1-19(2)18-42-29(40)35(30(41)44-32(8,9)10)26-21(4)23(11-12-24(26)33-28(39)43-31(5,6)7)25(37)17-20(3)27(38)34-15-13-22(36)14-16-34/h11,19-20,22H,12-18H2,1-10H3. The molecule has 1 saturated heterocycles. The molecule has 1 atom stereocenters. The van der Waals surface area contributed by atoms with E-state index in [0.717, 1.165) is 0 Å². The van der Waals surface area contributed by atoms with E-state index < -0.39 is 47.3 Å². The second kappa shape index (κ2) is 15.0. The molecule has 1 aliphatic heterocycles. The zero-order valence-corrected chi connectivity index (χ0v) is 27.8. The molecule has 1 heterocycles. The van der Waals surface area contributed by atoms with Crippen LogP contribution in [0.3, 0.4) is 0 Å². The number of amides is 4. The zero-order valence-electron chi connectivity index (χ0n) is 27.8. The predicted octanol–water partition coefficient (Wildman–Crippen LogP) is 6.01. The van der Waals surface area contributed by atoms with Crippen molar-refractivity contribution in [1.82, 2.24) is 9.80 Å². The molecule has 4 amide bonds. The Morgan fingerprint density at radius 2 is 1.52 bits per heavy atom. The summed E-state index contributed by atoms with van der Waals surface area (Å²) in [7, 11) is 0. The molecule has 2 aliphatic rings. The summed E-state index contributed by atoms with van der Waals surface area (Å²) in [4.78, 5) is 72.7. The highest BCUT2D eigenvalue weighted by atomic mass is 16.6. The van der Waals surface area contributed by atoms with Crippen molar-refractivity contribution < 1.29 is 43.3 Å². The number of aliphatic imine (C=N–C) groups is 1. The molecule has 0 aromatic rings. The summed E-state index contributed by atoms with van der Waals surface area (Å²) in [5.74, 6) is -1.33. The summed E-state index contributed by atoms with van der Waals surface area (Å²) in [5, 5.41) is 11.7. The molecule has 1 radical (unpaired) electrons. The van der Waals surface area contributed by atoms with Crippen molar-refractivity contribution in [2.75, 3.05) is 19.7 Å². The minimum Gasteiger partial charge on any atom is -0.448 e. The van der Waals surface area contributed by atoms with Gasteiger partial charge in [-0.25, -0.2) is 19.5 Å². The van der Waals surface area contributed by atoms with Gasteiger partial charge < -0.3 is 19.1 Å². The number of hydrogen-bond acceptors (Lipinski definition) is 8. The number of piperidine rings is 1. The maximum Gasteiger partial charge on any atom is 0.434 e. The Labute approximate surface area is 260 Å². The molecule has 1 fully saturated rings. The number of hydrogen-bond donors (Lipinski definition) is 0. The molecule has 1 unspecified atom stereocenters. The molecule has 245 valence electrons. The van der Waals surface area contributed by atoms with Crippen molar-refractivity contribution in [2.45, 2.75) is 112 Å². The molecule has 0 N–H and O–H groups in total. The number of ether oxygens (including phenoxy) is 3. The molecule has 2 rings (SSSR count). The fourth-order valence-corrected chi connectivity index (χ4v) is 4.64. The van der Waals surface area contributed by atoms with Gasteiger partial charge in [-0.1, -0.05) is 26.8 Å². The van der Waals surface area contributed by atoms with Gasteiger partial charge >= 0.3 is 18.3 Å². The van der Waals surface area contributed by atoms with E-state index in [1.54, 1.807) is 59.4 Å². The molecule has 44 heavy (non-hydrogen) atoms. The Bertz CT molecular complexity index is 1210. The molecular weight excluding hydrogens is 570 g/mol. The SMILES string of the molecule is CC1=C(N(C(=O)OCC(C)C)C(=O)OC(C)(C)C)C(=NC(=O)OC(C)(C)C)CC=C1C(=O)CC(C)C(=O)N1CCC([O])CC1. The molecule has 12 heteroatoms. The van der Waals surface area contributed by atoms with Crippen molar-refractivity contribution in [3.05, 3.63) is 22.9 Å². The molecular formula is C32H48N3O9. The molecule has 0 bridgehead atoms. The average Bonchev–Trinajstić information content (AvgIpc) is 2.87. The minimum absolute atomic E-state index is 0.00487. The van der Waals surface area contributed by atoms with Crippen LogP contribution in [0.25, 0.3) is 0 Å². The Morgan fingerprint density at radius 3 is 2.05 bits per heavy atom. The maximum absolute atomic E-state index is 13.6. The Morgan fingerprint density at radius 1 is 0.955 bits per heavy atom. The molecule has 1 aliphatic carbocycles. The molecule has 0 saturated carbocycles. The van der Waals surface area contributed by atoms with Gasteiger partial charge in [0.25, 0.3) is 0 Å². The van der Waals surface area contributed by atoms with E-state index in [2.05, 4.69) is 4.99 Å². The lowest BCUT2D eigenvalue weighted by atomic mass is 9.87. The van der Waals surface area contributed by atoms with E-state index in [-0.39, 0.29) is 53.8 Å². The summed E-state index contributed by atoms with van der Waals surface area (Å²) >= 11 is 0. The Kier molecular flexibility index (Phi) is 12.5. The normalized spacial score (nSPS) is 18.1. The molecule has 0 aromatic carbocycles. The molecule has 12 nitrogen and oxygen atoms in total. The number of Topliss-reactive ketones (excluding diaryl/α,β-unsaturated/α-hetero) is 1. The van der Waals surface area contributed by atoms with Crippen molar-refractivity contribution in [3.8, 4) is 0 Å². The number of allylic oxidation sites excluding steroid dienone is 4. The highest BCUT2D eigenvalue weighted by Gasteiger charge is 2.39.